The number of aromatic amines is 2. The van der Waals surface area contributed by atoms with E-state index in [0.717, 1.165) is 51.4 Å². The van der Waals surface area contributed by atoms with E-state index in [2.05, 4.69) is 79.9 Å². The number of aromatic nitrogens is 4. The number of ether oxygens (including phenoxy) is 2. The average Bonchev–Trinajstić information content (AvgIpc) is 3.65. The molecule has 4 heterocycles. The van der Waals surface area contributed by atoms with E-state index < -0.39 is 49.6 Å². The zero-order chi connectivity index (χ0) is 39.9. The minimum atomic E-state index is -1.27. The first-order chi connectivity index (χ1) is 25.7. The Hall–Kier alpha value is -3.33. The fourth-order valence-electron chi connectivity index (χ4n) is 6.16. The van der Waals surface area contributed by atoms with Crippen LogP contribution in [0.2, 0.25) is 0 Å². The molecule has 2 fully saturated rings. The van der Waals surface area contributed by atoms with Crippen molar-refractivity contribution < 1.29 is 23.6 Å². The van der Waals surface area contributed by atoms with E-state index in [0.29, 0.717) is 12.8 Å². The van der Waals surface area contributed by atoms with Gasteiger partial charge < -0.3 is 23.6 Å². The quantitative estimate of drug-likeness (QED) is 0.130. The predicted molar refractivity (Wildman–Crippen MR) is 210 cm³/mol. The lowest BCUT2D eigenvalue weighted by molar-refractivity contribution is -0.0101. The highest BCUT2D eigenvalue weighted by Gasteiger charge is 2.39. The molecule has 2 aromatic rings. The second kappa shape index (κ2) is 22.3. The number of unbranched alkanes of at least 4 members (excludes halogenated alkanes) is 6. The molecule has 0 saturated carbocycles. The van der Waals surface area contributed by atoms with Crippen LogP contribution in [-0.4, -0.2) is 72.5 Å². The summed E-state index contributed by atoms with van der Waals surface area (Å²) in [5.74, 6) is 11.7. The third-order valence-corrected chi connectivity index (χ3v) is 11.2. The lowest BCUT2D eigenvalue weighted by Crippen LogP contribution is -2.35. The van der Waals surface area contributed by atoms with Gasteiger partial charge in [0, 0.05) is 57.3 Å². The number of rotatable bonds is 14. The van der Waals surface area contributed by atoms with Crippen molar-refractivity contribution in [2.45, 2.75) is 169 Å². The monoisotopic (exact) mass is 773 g/mol. The van der Waals surface area contributed by atoms with E-state index in [-0.39, 0.29) is 41.5 Å². The molecule has 14 nitrogen and oxygen atoms in total. The highest BCUT2D eigenvalue weighted by molar-refractivity contribution is 7.44. The average molecular weight is 774 g/mol. The summed E-state index contributed by atoms with van der Waals surface area (Å²) in [7, 11) is 0.379. The molecule has 15 heteroatoms. The predicted octanol–water partition coefficient (Wildman–Crippen LogP) is 5.29. The van der Waals surface area contributed by atoms with Gasteiger partial charge in [-0.3, -0.25) is 28.7 Å². The zero-order valence-corrected chi connectivity index (χ0v) is 34.2. The zero-order valence-electron chi connectivity index (χ0n) is 33.3. The third kappa shape index (κ3) is 12.9. The molecule has 0 amide bonds. The van der Waals surface area contributed by atoms with E-state index in [9.17, 15) is 24.3 Å². The van der Waals surface area contributed by atoms with Crippen LogP contribution in [0.4, 0.5) is 0 Å². The van der Waals surface area contributed by atoms with Gasteiger partial charge in [0.2, 0.25) is 0 Å². The van der Waals surface area contributed by atoms with Gasteiger partial charge in [0.1, 0.15) is 23.6 Å². The number of aliphatic hydroxyl groups is 1. The Labute approximate surface area is 319 Å². The molecule has 2 aliphatic rings. The number of nitrogens with one attached hydrogen (secondary N) is 2. The van der Waals surface area contributed by atoms with Crippen molar-refractivity contribution in [1.29, 1.82) is 0 Å². The maximum atomic E-state index is 12.5. The summed E-state index contributed by atoms with van der Waals surface area (Å²) in [6.45, 7) is 16.4. The summed E-state index contributed by atoms with van der Waals surface area (Å²) < 4.78 is 28.5. The summed E-state index contributed by atoms with van der Waals surface area (Å²) in [5.41, 5.74) is -1.51. The fraction of sp³-hybridized carbons (Fsp3) is 0.692. The summed E-state index contributed by atoms with van der Waals surface area (Å²) in [5, 5.41) is 9.73. The van der Waals surface area contributed by atoms with Crippen molar-refractivity contribution in [3.8, 4) is 23.7 Å². The van der Waals surface area contributed by atoms with E-state index >= 15 is 0 Å². The second-order valence-electron chi connectivity index (χ2n) is 14.2. The summed E-state index contributed by atoms with van der Waals surface area (Å²) in [6, 6.07) is 0.518. The van der Waals surface area contributed by atoms with Crippen LogP contribution < -0.4 is 22.5 Å². The first kappa shape index (κ1) is 45.1. The minimum absolute atomic E-state index is 0.233. The van der Waals surface area contributed by atoms with Crippen LogP contribution >= 0.6 is 8.53 Å². The molecule has 300 valence electrons. The number of nitrogens with zero attached hydrogens (tertiary/aromatic N) is 3. The lowest BCUT2D eigenvalue weighted by Gasteiger charge is -2.36. The summed E-state index contributed by atoms with van der Waals surface area (Å²) in [4.78, 5) is 53.0. The van der Waals surface area contributed by atoms with Crippen LogP contribution in [0.5, 0.6) is 0 Å². The molecular weight excluding hydrogens is 713 g/mol. The van der Waals surface area contributed by atoms with Gasteiger partial charge in [0.05, 0.1) is 24.4 Å². The molecule has 2 saturated heterocycles. The van der Waals surface area contributed by atoms with Crippen LogP contribution in [0.15, 0.2) is 31.6 Å². The SMILES string of the molecule is CCCCCC#Cc1cn([C@H]2CC(O)[C@@H](C)O2)c(=O)[nH]c1=O.CCCCCC#Cc1cn([C@H]2CC(OP(OC)N(C(C)C)C(C)C)[C@@H](C)O2)c(=O)[nH]c1=O. The number of hydrogen-bond donors (Lipinski definition) is 3. The molecule has 0 bridgehead atoms. The molecule has 4 rings (SSSR count). The van der Waals surface area contributed by atoms with Crippen LogP contribution in [0.25, 0.3) is 0 Å². The molecule has 54 heavy (non-hydrogen) atoms. The molecule has 3 N–H and O–H groups in total. The number of aliphatic hydroxyl groups excluding tert-OH is 1. The fourth-order valence-corrected chi connectivity index (χ4v) is 7.79. The molecular formula is C39H60N5O9P. The molecule has 2 aromatic heterocycles. The van der Waals surface area contributed by atoms with E-state index in [1.54, 1.807) is 14.0 Å². The Bertz CT molecular complexity index is 1830. The number of hydrogen-bond acceptors (Lipinski definition) is 10. The van der Waals surface area contributed by atoms with Gasteiger partial charge in [-0.2, -0.15) is 0 Å². The second-order valence-corrected chi connectivity index (χ2v) is 15.7. The topological polar surface area (TPSA) is 170 Å². The lowest BCUT2D eigenvalue weighted by atomic mass is 10.2. The van der Waals surface area contributed by atoms with Crippen LogP contribution in [-0.2, 0) is 18.5 Å². The van der Waals surface area contributed by atoms with E-state index in [4.69, 9.17) is 18.5 Å². The van der Waals surface area contributed by atoms with Crippen molar-refractivity contribution in [3.05, 3.63) is 65.2 Å². The summed E-state index contributed by atoms with van der Waals surface area (Å²) in [6.07, 6.45) is 9.05. The van der Waals surface area contributed by atoms with Gasteiger partial charge in [0.25, 0.3) is 19.6 Å². The van der Waals surface area contributed by atoms with Crippen molar-refractivity contribution in [1.82, 2.24) is 23.8 Å². The van der Waals surface area contributed by atoms with Gasteiger partial charge in [-0.05, 0) is 54.4 Å². The standard InChI is InChI=1S/C23H38N3O5P.C16H22N2O4/c1-8-9-10-11-12-13-19-15-25(23(28)24-22(19)27)21-14-20(18(6)30-21)31-32(29-7)26(16(2)3)17(4)5;1-3-4-5-6-7-8-12-10-18(16(21)17-15(12)20)14-9-13(19)11(2)22-14/h15-18,20-21H,8-11,14H2,1-7H3,(H,24,27,28);10-11,13-14,19H,3-6,9H2,1-2H3,(H,17,20,21)/t18-,20?,21-,32?;11-,13?,14-/m11/s1. The molecule has 0 spiro atoms. The molecule has 0 aliphatic carbocycles. The van der Waals surface area contributed by atoms with Crippen molar-refractivity contribution in [2.24, 2.45) is 0 Å². The molecule has 0 aromatic carbocycles. The Morgan fingerprint density at radius 2 is 1.28 bits per heavy atom. The van der Waals surface area contributed by atoms with Crippen molar-refractivity contribution in [2.75, 3.05) is 7.11 Å². The van der Waals surface area contributed by atoms with Gasteiger partial charge in [-0.25, -0.2) is 14.3 Å². The Balaban J connectivity index is 0.000000311. The Morgan fingerprint density at radius 3 is 1.69 bits per heavy atom. The maximum Gasteiger partial charge on any atom is 0.330 e. The van der Waals surface area contributed by atoms with Crippen LogP contribution in [0, 0.1) is 23.7 Å². The highest BCUT2D eigenvalue weighted by Crippen LogP contribution is 2.49. The Kier molecular flexibility index (Phi) is 18.6. The van der Waals surface area contributed by atoms with Crippen LogP contribution in [0.1, 0.15) is 143 Å². The van der Waals surface area contributed by atoms with E-state index in [1.165, 1.54) is 21.5 Å². The Morgan fingerprint density at radius 1 is 0.815 bits per heavy atom. The number of H-pyrrole nitrogens is 2. The van der Waals surface area contributed by atoms with Gasteiger partial charge >= 0.3 is 11.4 Å². The van der Waals surface area contributed by atoms with Gasteiger partial charge in [0.15, 0.2) is 0 Å². The van der Waals surface area contributed by atoms with E-state index in [1.807, 2.05) is 6.92 Å². The molecule has 7 atom stereocenters. The van der Waals surface area contributed by atoms with Gasteiger partial charge in [-0.15, -0.1) is 0 Å². The minimum Gasteiger partial charge on any atom is -0.390 e. The van der Waals surface area contributed by atoms with Crippen LogP contribution in [0.3, 0.4) is 0 Å². The first-order valence-electron chi connectivity index (χ1n) is 19.2. The molecule has 0 radical (unpaired) electrons. The third-order valence-electron chi connectivity index (χ3n) is 9.13. The largest absolute Gasteiger partial charge is 0.390 e. The normalized spacial score (nSPS) is 22.8. The highest BCUT2D eigenvalue weighted by atomic mass is 31.2. The first-order valence-corrected chi connectivity index (χ1v) is 20.3. The maximum absolute atomic E-state index is 12.5. The van der Waals surface area contributed by atoms with Gasteiger partial charge in [-0.1, -0.05) is 63.2 Å². The van der Waals surface area contributed by atoms with Crippen molar-refractivity contribution >= 4 is 8.53 Å². The molecule has 2 aliphatic heterocycles. The molecule has 3 unspecified atom stereocenters. The smallest absolute Gasteiger partial charge is 0.330 e. The summed E-state index contributed by atoms with van der Waals surface area (Å²) >= 11 is 0. The van der Waals surface area contributed by atoms with Crippen molar-refractivity contribution in [3.63, 3.8) is 0 Å².